The quantitative estimate of drug-likeness (QED) is 0.547. The van der Waals surface area contributed by atoms with E-state index >= 15 is 0 Å². The number of benzene rings is 2. The fraction of sp³-hybridized carbons (Fsp3) is 0.304. The Hall–Kier alpha value is -3.01. The van der Waals surface area contributed by atoms with E-state index in [4.69, 9.17) is 16.3 Å². The summed E-state index contributed by atoms with van der Waals surface area (Å²) >= 11 is 7.02. The van der Waals surface area contributed by atoms with E-state index in [2.05, 4.69) is 27.3 Å². The minimum absolute atomic E-state index is 0.0121. The molecule has 1 aromatic heterocycles. The molecule has 1 aliphatic heterocycles. The molecule has 0 radical (unpaired) electrons. The second-order valence-corrected chi connectivity index (χ2v) is 9.00. The maximum Gasteiger partial charge on any atom is 0.286 e. The van der Waals surface area contributed by atoms with Gasteiger partial charge in [0.25, 0.3) is 11.8 Å². The first-order valence-corrected chi connectivity index (χ1v) is 11.8. The van der Waals surface area contributed by atoms with Gasteiger partial charge in [0.05, 0.1) is 0 Å². The number of halogens is 1. The van der Waals surface area contributed by atoms with E-state index in [1.807, 2.05) is 4.90 Å². The van der Waals surface area contributed by atoms with Gasteiger partial charge in [0.15, 0.2) is 5.01 Å². The molecule has 1 N–H and O–H groups in total. The molecule has 2 amide bonds. The van der Waals surface area contributed by atoms with Crippen LogP contribution in [0.4, 0.5) is 5.69 Å². The van der Waals surface area contributed by atoms with Crippen LogP contribution in [0.5, 0.6) is 5.75 Å². The SMILES string of the molecule is CCN1CCN(C(=O)c2ccc(NC(=O)c3nnc(COc4ccc(Cl)cc4)s3)cc2)CC1. The first-order valence-electron chi connectivity index (χ1n) is 10.7. The molecule has 4 rings (SSSR count). The van der Waals surface area contributed by atoms with Gasteiger partial charge in [-0.1, -0.05) is 29.9 Å². The van der Waals surface area contributed by atoms with Gasteiger partial charge in [0.2, 0.25) is 5.01 Å². The molecule has 1 saturated heterocycles. The normalized spacial score (nSPS) is 14.2. The average Bonchev–Trinajstić information content (AvgIpc) is 3.33. The summed E-state index contributed by atoms with van der Waals surface area (Å²) in [6.07, 6.45) is 0. The fourth-order valence-corrected chi connectivity index (χ4v) is 4.18. The number of rotatable bonds is 7. The highest BCUT2D eigenvalue weighted by Crippen LogP contribution is 2.19. The second kappa shape index (κ2) is 10.7. The van der Waals surface area contributed by atoms with Crippen molar-refractivity contribution in [2.45, 2.75) is 13.5 Å². The van der Waals surface area contributed by atoms with Crippen LogP contribution in [-0.2, 0) is 6.61 Å². The molecule has 2 heterocycles. The Labute approximate surface area is 201 Å². The fourth-order valence-electron chi connectivity index (χ4n) is 3.41. The van der Waals surface area contributed by atoms with E-state index in [9.17, 15) is 9.59 Å². The summed E-state index contributed by atoms with van der Waals surface area (Å²) in [5, 5.41) is 12.2. The van der Waals surface area contributed by atoms with E-state index in [1.54, 1.807) is 48.5 Å². The molecule has 0 aliphatic carbocycles. The average molecular weight is 486 g/mol. The lowest BCUT2D eigenvalue weighted by molar-refractivity contribution is 0.0643. The number of hydrogen-bond acceptors (Lipinski definition) is 7. The summed E-state index contributed by atoms with van der Waals surface area (Å²) in [4.78, 5) is 29.4. The summed E-state index contributed by atoms with van der Waals surface area (Å²) in [7, 11) is 0. The number of likely N-dealkylation sites (N-methyl/N-ethyl adjacent to an activating group) is 1. The number of aromatic nitrogens is 2. The number of carbonyl (C=O) groups is 2. The Kier molecular flexibility index (Phi) is 7.54. The highest BCUT2D eigenvalue weighted by Gasteiger charge is 2.21. The maximum atomic E-state index is 12.7. The molecule has 1 fully saturated rings. The maximum absolute atomic E-state index is 12.7. The van der Waals surface area contributed by atoms with Crippen LogP contribution >= 0.6 is 22.9 Å². The zero-order chi connectivity index (χ0) is 23.2. The molecule has 0 atom stereocenters. The summed E-state index contributed by atoms with van der Waals surface area (Å²) < 4.78 is 5.64. The Morgan fingerprint density at radius 2 is 1.73 bits per heavy atom. The van der Waals surface area contributed by atoms with Gasteiger partial charge in [-0.3, -0.25) is 9.59 Å². The first-order chi connectivity index (χ1) is 16.0. The molecule has 10 heteroatoms. The third-order valence-electron chi connectivity index (χ3n) is 5.33. The van der Waals surface area contributed by atoms with Crippen LogP contribution in [0.3, 0.4) is 0 Å². The van der Waals surface area contributed by atoms with Crippen molar-refractivity contribution in [1.82, 2.24) is 20.0 Å². The molecule has 0 bridgehead atoms. The van der Waals surface area contributed by atoms with E-state index in [0.29, 0.717) is 27.0 Å². The van der Waals surface area contributed by atoms with E-state index in [0.717, 1.165) is 44.1 Å². The number of piperazine rings is 1. The van der Waals surface area contributed by atoms with Crippen LogP contribution in [0.1, 0.15) is 32.1 Å². The van der Waals surface area contributed by atoms with E-state index in [1.165, 1.54) is 0 Å². The number of ether oxygens (including phenoxy) is 1. The van der Waals surface area contributed by atoms with Gasteiger partial charge in [0.1, 0.15) is 12.4 Å². The van der Waals surface area contributed by atoms with Crippen molar-refractivity contribution in [2.24, 2.45) is 0 Å². The predicted molar refractivity (Wildman–Crippen MR) is 128 cm³/mol. The molecule has 2 aromatic carbocycles. The largest absolute Gasteiger partial charge is 0.486 e. The van der Waals surface area contributed by atoms with Gasteiger partial charge in [-0.05, 0) is 55.1 Å². The first kappa shape index (κ1) is 23.2. The van der Waals surface area contributed by atoms with Gasteiger partial charge in [-0.15, -0.1) is 10.2 Å². The Bertz CT molecular complexity index is 1100. The molecule has 1 aliphatic rings. The topological polar surface area (TPSA) is 87.7 Å². The van der Waals surface area contributed by atoms with E-state index < -0.39 is 0 Å². The zero-order valence-corrected chi connectivity index (χ0v) is 19.7. The number of carbonyl (C=O) groups excluding carboxylic acids is 2. The number of nitrogens with one attached hydrogen (secondary N) is 1. The van der Waals surface area contributed by atoms with Gasteiger partial charge >= 0.3 is 0 Å². The molecule has 0 saturated carbocycles. The van der Waals surface area contributed by atoms with Crippen LogP contribution in [0, 0.1) is 0 Å². The van der Waals surface area contributed by atoms with Crippen LogP contribution in [0.25, 0.3) is 0 Å². The van der Waals surface area contributed by atoms with Crippen LogP contribution in [0.15, 0.2) is 48.5 Å². The predicted octanol–water partition coefficient (Wildman–Crippen LogP) is 3.80. The Morgan fingerprint density at radius 3 is 2.39 bits per heavy atom. The molecule has 172 valence electrons. The van der Waals surface area contributed by atoms with Gasteiger partial charge < -0.3 is 19.9 Å². The Morgan fingerprint density at radius 1 is 1.03 bits per heavy atom. The highest BCUT2D eigenvalue weighted by atomic mass is 35.5. The van der Waals surface area contributed by atoms with Crippen LogP contribution in [-0.4, -0.2) is 64.5 Å². The third kappa shape index (κ3) is 6.07. The minimum atomic E-state index is -0.361. The number of anilines is 1. The molecular formula is C23H24ClN5O3S. The van der Waals surface area contributed by atoms with Gasteiger partial charge in [0, 0.05) is 42.5 Å². The Balaban J connectivity index is 1.29. The summed E-state index contributed by atoms with van der Waals surface area (Å²) in [6.45, 7) is 6.58. The minimum Gasteiger partial charge on any atom is -0.486 e. The smallest absolute Gasteiger partial charge is 0.286 e. The van der Waals surface area contributed by atoms with E-state index in [-0.39, 0.29) is 23.4 Å². The van der Waals surface area contributed by atoms with Crippen LogP contribution in [0.2, 0.25) is 5.02 Å². The second-order valence-electron chi connectivity index (χ2n) is 7.50. The lowest BCUT2D eigenvalue weighted by Crippen LogP contribution is -2.48. The van der Waals surface area contributed by atoms with Crippen molar-refractivity contribution in [1.29, 1.82) is 0 Å². The molecule has 0 unspecified atom stereocenters. The van der Waals surface area contributed by atoms with Crippen molar-refractivity contribution in [2.75, 3.05) is 38.0 Å². The lowest BCUT2D eigenvalue weighted by Gasteiger charge is -2.34. The highest BCUT2D eigenvalue weighted by molar-refractivity contribution is 7.13. The summed E-state index contributed by atoms with van der Waals surface area (Å²) in [5.41, 5.74) is 1.19. The van der Waals surface area contributed by atoms with Crippen molar-refractivity contribution >= 4 is 40.4 Å². The summed E-state index contributed by atoms with van der Waals surface area (Å²) in [5.74, 6) is 0.306. The van der Waals surface area contributed by atoms with Crippen molar-refractivity contribution < 1.29 is 14.3 Å². The number of amides is 2. The van der Waals surface area contributed by atoms with Gasteiger partial charge in [-0.25, -0.2) is 0 Å². The summed E-state index contributed by atoms with van der Waals surface area (Å²) in [6, 6.07) is 13.9. The monoisotopic (exact) mass is 485 g/mol. The van der Waals surface area contributed by atoms with Crippen molar-refractivity contribution in [3.8, 4) is 5.75 Å². The number of hydrogen-bond donors (Lipinski definition) is 1. The third-order valence-corrected chi connectivity index (χ3v) is 6.48. The van der Waals surface area contributed by atoms with Crippen LogP contribution < -0.4 is 10.1 Å². The standard InChI is InChI=1S/C23H24ClN5O3S/c1-2-28-11-13-29(14-12-28)23(31)16-3-7-18(8-4-16)25-21(30)22-27-26-20(33-22)15-32-19-9-5-17(24)6-10-19/h3-10H,2,11-15H2,1H3,(H,25,30). The zero-order valence-electron chi connectivity index (χ0n) is 18.2. The molecular weight excluding hydrogens is 462 g/mol. The molecule has 8 nitrogen and oxygen atoms in total. The lowest BCUT2D eigenvalue weighted by atomic mass is 10.1. The molecule has 0 spiro atoms. The van der Waals surface area contributed by atoms with Crippen molar-refractivity contribution in [3.63, 3.8) is 0 Å². The number of nitrogens with zero attached hydrogens (tertiary/aromatic N) is 4. The van der Waals surface area contributed by atoms with Gasteiger partial charge in [-0.2, -0.15) is 0 Å². The van der Waals surface area contributed by atoms with Crippen molar-refractivity contribution in [3.05, 3.63) is 69.1 Å². The molecule has 3 aromatic rings. The molecule has 33 heavy (non-hydrogen) atoms.